The monoisotopic (exact) mass is 353 g/mol. The molecule has 2 fully saturated rings. The van der Waals surface area contributed by atoms with Crippen LogP contribution < -0.4 is 0 Å². The van der Waals surface area contributed by atoms with Crippen LogP contribution in [0.3, 0.4) is 0 Å². The number of amides is 1. The van der Waals surface area contributed by atoms with E-state index in [9.17, 15) is 4.79 Å². The number of amidine groups is 1. The summed E-state index contributed by atoms with van der Waals surface area (Å²) in [6.07, 6.45) is 6.62. The van der Waals surface area contributed by atoms with Crippen LogP contribution in [0.25, 0.3) is 6.08 Å². The zero-order valence-corrected chi connectivity index (χ0v) is 15.3. The third-order valence-electron chi connectivity index (χ3n) is 5.02. The lowest BCUT2D eigenvalue weighted by molar-refractivity contribution is -0.113. The van der Waals surface area contributed by atoms with E-state index in [1.54, 1.807) is 0 Å². The fourth-order valence-electron chi connectivity index (χ4n) is 3.76. The second-order valence-corrected chi connectivity index (χ2v) is 7.90. The summed E-state index contributed by atoms with van der Waals surface area (Å²) in [7, 11) is 0. The molecular weight excluding hydrogens is 330 g/mol. The van der Waals surface area contributed by atoms with Crippen LogP contribution in [-0.2, 0) is 4.79 Å². The van der Waals surface area contributed by atoms with Gasteiger partial charge in [0.1, 0.15) is 0 Å². The normalized spacial score (nSPS) is 26.3. The number of aliphatic imine (C=N–C) groups is 1. The number of hydrogen-bond donors (Lipinski definition) is 0. The van der Waals surface area contributed by atoms with E-state index in [1.165, 1.54) is 31.1 Å². The Morgan fingerprint density at radius 2 is 2.08 bits per heavy atom. The minimum atomic E-state index is -0.102. The van der Waals surface area contributed by atoms with Crippen molar-refractivity contribution in [3.05, 3.63) is 52.4 Å². The minimum absolute atomic E-state index is 0.102. The number of allylic oxidation sites excluding steroid dienone is 2. The number of fused-ring (bicyclic) bond motifs is 1. The van der Waals surface area contributed by atoms with Crippen molar-refractivity contribution in [3.8, 4) is 0 Å². The maximum absolute atomic E-state index is 12.3. The molecule has 1 aromatic rings. The van der Waals surface area contributed by atoms with Crippen molar-refractivity contribution in [2.75, 3.05) is 26.2 Å². The predicted molar refractivity (Wildman–Crippen MR) is 104 cm³/mol. The van der Waals surface area contributed by atoms with E-state index in [0.717, 1.165) is 40.8 Å². The molecule has 5 heteroatoms. The molecule has 0 saturated carbocycles. The van der Waals surface area contributed by atoms with Crippen molar-refractivity contribution in [3.63, 3.8) is 0 Å². The van der Waals surface area contributed by atoms with Crippen molar-refractivity contribution in [2.45, 2.75) is 25.8 Å². The molecule has 0 radical (unpaired) electrons. The summed E-state index contributed by atoms with van der Waals surface area (Å²) in [5.41, 5.74) is 2.21. The van der Waals surface area contributed by atoms with Crippen LogP contribution in [0.5, 0.6) is 0 Å². The zero-order valence-electron chi connectivity index (χ0n) is 14.5. The molecule has 4 rings (SSSR count). The van der Waals surface area contributed by atoms with Crippen molar-refractivity contribution >= 4 is 28.9 Å². The van der Waals surface area contributed by atoms with Gasteiger partial charge in [0.25, 0.3) is 5.91 Å². The Morgan fingerprint density at radius 3 is 2.92 bits per heavy atom. The highest BCUT2D eigenvalue weighted by Crippen LogP contribution is 2.32. The standard InChI is InChI=1S/C20H23N3OS/c1-15(12-16-6-3-2-4-7-16)13-18-19(24)21-20(25-18)23-11-10-22-9-5-8-17(22)14-23/h2-4,6-7,12-13,17H,5,8-11,14H2,1H3. The Labute approximate surface area is 153 Å². The SMILES string of the molecule is CC(=Cc1ccccc1)C=C1SC(N2CCN3CCCC3C2)=NC1=O. The van der Waals surface area contributed by atoms with Crippen LogP contribution in [0.2, 0.25) is 0 Å². The maximum Gasteiger partial charge on any atom is 0.286 e. The fourth-order valence-corrected chi connectivity index (χ4v) is 4.76. The van der Waals surface area contributed by atoms with Crippen LogP contribution in [0.15, 0.2) is 51.9 Å². The molecule has 0 aliphatic carbocycles. The van der Waals surface area contributed by atoms with Gasteiger partial charge in [0.2, 0.25) is 0 Å². The first-order chi connectivity index (χ1) is 12.2. The average molecular weight is 353 g/mol. The molecule has 0 spiro atoms. The molecule has 0 N–H and O–H groups in total. The number of carbonyl (C=O) groups excluding carboxylic acids is 1. The number of rotatable bonds is 2. The van der Waals surface area contributed by atoms with Crippen LogP contribution in [0, 0.1) is 0 Å². The van der Waals surface area contributed by atoms with Crippen molar-refractivity contribution in [1.82, 2.24) is 9.80 Å². The fraction of sp³-hybridized carbons (Fsp3) is 0.400. The average Bonchev–Trinajstić information content (AvgIpc) is 3.22. The first-order valence-electron chi connectivity index (χ1n) is 8.94. The van der Waals surface area contributed by atoms with Gasteiger partial charge in [-0.2, -0.15) is 4.99 Å². The van der Waals surface area contributed by atoms with E-state index in [4.69, 9.17) is 0 Å². The highest BCUT2D eigenvalue weighted by atomic mass is 32.2. The van der Waals surface area contributed by atoms with E-state index < -0.39 is 0 Å². The Kier molecular flexibility index (Phi) is 4.77. The number of hydrogen-bond acceptors (Lipinski definition) is 4. The lowest BCUT2D eigenvalue weighted by Gasteiger charge is -2.38. The minimum Gasteiger partial charge on any atom is -0.348 e. The maximum atomic E-state index is 12.3. The molecule has 3 heterocycles. The topological polar surface area (TPSA) is 35.9 Å². The van der Waals surface area contributed by atoms with Crippen LogP contribution >= 0.6 is 11.8 Å². The van der Waals surface area contributed by atoms with Gasteiger partial charge < -0.3 is 4.90 Å². The molecule has 130 valence electrons. The van der Waals surface area contributed by atoms with Gasteiger partial charge in [-0.1, -0.05) is 36.4 Å². The second-order valence-electron chi connectivity index (χ2n) is 6.89. The van der Waals surface area contributed by atoms with Gasteiger partial charge in [-0.25, -0.2) is 0 Å². The molecule has 0 aromatic heterocycles. The lowest BCUT2D eigenvalue weighted by Crippen LogP contribution is -2.51. The van der Waals surface area contributed by atoms with Gasteiger partial charge in [0.15, 0.2) is 5.17 Å². The Hall–Kier alpha value is -1.85. The molecule has 3 aliphatic rings. The van der Waals surface area contributed by atoms with Crippen molar-refractivity contribution in [1.29, 1.82) is 0 Å². The third-order valence-corrected chi connectivity index (χ3v) is 6.06. The van der Waals surface area contributed by atoms with E-state index in [0.29, 0.717) is 6.04 Å². The highest BCUT2D eigenvalue weighted by molar-refractivity contribution is 8.18. The van der Waals surface area contributed by atoms with Gasteiger partial charge in [-0.3, -0.25) is 9.69 Å². The zero-order chi connectivity index (χ0) is 17.2. The van der Waals surface area contributed by atoms with Crippen molar-refractivity contribution in [2.24, 2.45) is 4.99 Å². The first-order valence-corrected chi connectivity index (χ1v) is 9.75. The summed E-state index contributed by atoms with van der Waals surface area (Å²) in [6.45, 7) is 6.33. The molecular formula is C20H23N3OS. The van der Waals surface area contributed by atoms with E-state index in [1.807, 2.05) is 31.2 Å². The van der Waals surface area contributed by atoms with Gasteiger partial charge >= 0.3 is 0 Å². The van der Waals surface area contributed by atoms with E-state index in [2.05, 4.69) is 33.0 Å². The third kappa shape index (κ3) is 3.72. The smallest absolute Gasteiger partial charge is 0.286 e. The Morgan fingerprint density at radius 1 is 1.24 bits per heavy atom. The summed E-state index contributed by atoms with van der Waals surface area (Å²) in [4.78, 5) is 22.2. The summed E-state index contributed by atoms with van der Waals surface area (Å²) >= 11 is 1.53. The number of piperazine rings is 1. The second kappa shape index (κ2) is 7.18. The Bertz CT molecular complexity index is 753. The summed E-state index contributed by atoms with van der Waals surface area (Å²) in [6, 6.07) is 10.8. The van der Waals surface area contributed by atoms with Crippen LogP contribution in [0.4, 0.5) is 0 Å². The lowest BCUT2D eigenvalue weighted by atomic mass is 10.1. The van der Waals surface area contributed by atoms with Crippen molar-refractivity contribution < 1.29 is 4.79 Å². The number of thioether (sulfide) groups is 1. The highest BCUT2D eigenvalue weighted by Gasteiger charge is 2.34. The molecule has 1 atom stereocenters. The van der Waals surface area contributed by atoms with E-state index in [-0.39, 0.29) is 5.91 Å². The summed E-state index contributed by atoms with van der Waals surface area (Å²) in [5.74, 6) is -0.102. The van der Waals surface area contributed by atoms with E-state index >= 15 is 0 Å². The molecule has 0 bridgehead atoms. The van der Waals surface area contributed by atoms with Crippen LogP contribution in [0.1, 0.15) is 25.3 Å². The largest absolute Gasteiger partial charge is 0.348 e. The van der Waals surface area contributed by atoms with Gasteiger partial charge in [0, 0.05) is 25.7 Å². The molecule has 1 unspecified atom stereocenters. The van der Waals surface area contributed by atoms with Gasteiger partial charge in [0.05, 0.1) is 4.91 Å². The number of carbonyl (C=O) groups is 1. The first kappa shape index (κ1) is 16.6. The van der Waals surface area contributed by atoms with Crippen LogP contribution in [-0.4, -0.2) is 53.1 Å². The van der Waals surface area contributed by atoms with Gasteiger partial charge in [-0.05, 0) is 55.3 Å². The quantitative estimate of drug-likeness (QED) is 0.764. The molecule has 25 heavy (non-hydrogen) atoms. The molecule has 1 amide bonds. The predicted octanol–water partition coefficient (Wildman–Crippen LogP) is 3.38. The molecule has 4 nitrogen and oxygen atoms in total. The number of nitrogens with zero attached hydrogens (tertiary/aromatic N) is 3. The summed E-state index contributed by atoms with van der Waals surface area (Å²) in [5, 5.41) is 0.885. The molecule has 3 aliphatic heterocycles. The molecule has 2 saturated heterocycles. The molecule has 1 aromatic carbocycles. The summed E-state index contributed by atoms with van der Waals surface area (Å²) < 4.78 is 0. The number of benzene rings is 1. The Balaban J connectivity index is 1.44. The van der Waals surface area contributed by atoms with Gasteiger partial charge in [-0.15, -0.1) is 0 Å².